The van der Waals surface area contributed by atoms with Crippen molar-refractivity contribution in [3.63, 3.8) is 0 Å². The summed E-state index contributed by atoms with van der Waals surface area (Å²) in [5, 5.41) is 1.86. The molecule has 0 aliphatic heterocycles. The van der Waals surface area contributed by atoms with Crippen molar-refractivity contribution >= 4 is 62.6 Å². The monoisotopic (exact) mass is 481 g/mol. The minimum atomic E-state index is 0.328. The molecular weight excluding hydrogens is 469 g/mol. The SMILES string of the molecule is Cc1c(Cl)cccc1N=Cc1cc(Br)ccc1OCc1ccc(Cl)cc1Cl. The summed E-state index contributed by atoms with van der Waals surface area (Å²) in [5.74, 6) is 0.702. The Balaban J connectivity index is 1.84. The van der Waals surface area contributed by atoms with E-state index in [-0.39, 0.29) is 0 Å². The number of rotatable bonds is 5. The molecule has 6 heteroatoms. The van der Waals surface area contributed by atoms with Gasteiger partial charge in [0.2, 0.25) is 0 Å². The maximum Gasteiger partial charge on any atom is 0.128 e. The summed E-state index contributed by atoms with van der Waals surface area (Å²) < 4.78 is 6.91. The second-order valence-electron chi connectivity index (χ2n) is 5.85. The lowest BCUT2D eigenvalue weighted by Crippen LogP contribution is -1.99. The van der Waals surface area contributed by atoms with Gasteiger partial charge in [0.15, 0.2) is 0 Å². The molecule has 138 valence electrons. The van der Waals surface area contributed by atoms with E-state index in [0.29, 0.717) is 27.4 Å². The van der Waals surface area contributed by atoms with Crippen LogP contribution >= 0.6 is 50.7 Å². The Labute approximate surface area is 181 Å². The maximum atomic E-state index is 6.22. The first kappa shape index (κ1) is 20.2. The van der Waals surface area contributed by atoms with Gasteiger partial charge in [-0.2, -0.15) is 0 Å². The van der Waals surface area contributed by atoms with E-state index in [4.69, 9.17) is 39.5 Å². The molecule has 2 nitrogen and oxygen atoms in total. The van der Waals surface area contributed by atoms with Gasteiger partial charge in [0.25, 0.3) is 0 Å². The van der Waals surface area contributed by atoms with E-state index in [9.17, 15) is 0 Å². The van der Waals surface area contributed by atoms with Crippen molar-refractivity contribution in [3.8, 4) is 5.75 Å². The molecule has 0 amide bonds. The molecular formula is C21H15BrCl3NO. The van der Waals surface area contributed by atoms with Gasteiger partial charge in [-0.3, -0.25) is 4.99 Å². The number of halogens is 4. The first-order valence-corrected chi connectivity index (χ1v) is 10.0. The van der Waals surface area contributed by atoms with Gasteiger partial charge in [-0.1, -0.05) is 62.9 Å². The van der Waals surface area contributed by atoms with E-state index >= 15 is 0 Å². The van der Waals surface area contributed by atoms with Gasteiger partial charge in [0.1, 0.15) is 12.4 Å². The van der Waals surface area contributed by atoms with Crippen LogP contribution in [0.1, 0.15) is 16.7 Å². The van der Waals surface area contributed by atoms with E-state index in [1.165, 1.54) is 0 Å². The van der Waals surface area contributed by atoms with Crippen LogP contribution in [0.4, 0.5) is 5.69 Å². The molecule has 0 aliphatic carbocycles. The summed E-state index contributed by atoms with van der Waals surface area (Å²) in [4.78, 5) is 4.57. The molecule has 0 radical (unpaired) electrons. The smallest absolute Gasteiger partial charge is 0.128 e. The van der Waals surface area contributed by atoms with Gasteiger partial charge < -0.3 is 4.74 Å². The van der Waals surface area contributed by atoms with Gasteiger partial charge in [-0.05, 0) is 55.0 Å². The fraction of sp³-hybridized carbons (Fsp3) is 0.0952. The number of benzene rings is 3. The number of hydrogen-bond donors (Lipinski definition) is 0. The minimum Gasteiger partial charge on any atom is -0.488 e. The van der Waals surface area contributed by atoms with Crippen molar-refractivity contribution in [3.05, 3.63) is 90.8 Å². The standard InChI is InChI=1S/C21H15BrCl3NO/c1-13-18(24)3-2-4-20(13)26-11-15-9-16(22)6-8-21(15)27-12-14-5-7-17(23)10-19(14)25/h2-11H,12H2,1H3. The molecule has 0 aliphatic rings. The van der Waals surface area contributed by atoms with Gasteiger partial charge in [0.05, 0.1) is 5.69 Å². The number of nitrogens with zero attached hydrogens (tertiary/aromatic N) is 1. The summed E-state index contributed by atoms with van der Waals surface area (Å²) in [6.07, 6.45) is 1.77. The number of hydrogen-bond acceptors (Lipinski definition) is 2. The highest BCUT2D eigenvalue weighted by atomic mass is 79.9. The Kier molecular flexibility index (Phi) is 6.83. The van der Waals surface area contributed by atoms with Crippen molar-refractivity contribution in [2.24, 2.45) is 4.99 Å². The maximum absolute atomic E-state index is 6.22. The normalized spacial score (nSPS) is 11.1. The Bertz CT molecular complexity index is 1000. The lowest BCUT2D eigenvalue weighted by molar-refractivity contribution is 0.306. The van der Waals surface area contributed by atoms with Gasteiger partial charge in [0, 0.05) is 36.9 Å². The molecule has 0 atom stereocenters. The van der Waals surface area contributed by atoms with E-state index in [1.54, 1.807) is 18.3 Å². The largest absolute Gasteiger partial charge is 0.488 e. The molecule has 0 spiro atoms. The Hall–Kier alpha value is -1.52. The molecule has 0 heterocycles. The fourth-order valence-corrected chi connectivity index (χ4v) is 3.43. The molecule has 3 aromatic carbocycles. The highest BCUT2D eigenvalue weighted by Gasteiger charge is 2.07. The molecule has 0 fully saturated rings. The fourth-order valence-electron chi connectivity index (χ4n) is 2.42. The number of aliphatic imine (C=N–C) groups is 1. The highest BCUT2D eigenvalue weighted by molar-refractivity contribution is 9.10. The zero-order valence-corrected chi connectivity index (χ0v) is 18.2. The summed E-state index contributed by atoms with van der Waals surface area (Å²) in [7, 11) is 0. The second kappa shape index (κ2) is 9.11. The third kappa shape index (κ3) is 5.26. The first-order valence-electron chi connectivity index (χ1n) is 8.09. The molecule has 3 rings (SSSR count). The zero-order chi connectivity index (χ0) is 19.4. The summed E-state index contributed by atoms with van der Waals surface area (Å²) in [5.41, 5.74) is 3.45. The van der Waals surface area contributed by atoms with Crippen LogP contribution in [0.3, 0.4) is 0 Å². The van der Waals surface area contributed by atoms with Crippen molar-refractivity contribution in [1.82, 2.24) is 0 Å². The van der Waals surface area contributed by atoms with E-state index in [1.807, 2.05) is 49.4 Å². The quantitative estimate of drug-likeness (QED) is 0.337. The third-order valence-corrected chi connectivity index (χ3v) is 5.44. The van der Waals surface area contributed by atoms with E-state index < -0.39 is 0 Å². The van der Waals surface area contributed by atoms with Crippen LogP contribution in [0, 0.1) is 6.92 Å². The Morgan fingerprint density at radius 2 is 1.81 bits per heavy atom. The van der Waals surface area contributed by atoms with Crippen molar-refractivity contribution in [2.75, 3.05) is 0 Å². The lowest BCUT2D eigenvalue weighted by Gasteiger charge is -2.11. The van der Waals surface area contributed by atoms with Crippen molar-refractivity contribution in [1.29, 1.82) is 0 Å². The average Bonchev–Trinajstić information content (AvgIpc) is 2.63. The topological polar surface area (TPSA) is 21.6 Å². The molecule has 0 bridgehead atoms. The predicted octanol–water partition coefficient (Wildman–Crippen LogP) is 8.05. The Morgan fingerprint density at radius 1 is 1.00 bits per heavy atom. The van der Waals surface area contributed by atoms with Gasteiger partial charge >= 0.3 is 0 Å². The molecule has 0 N–H and O–H groups in total. The Morgan fingerprint density at radius 3 is 2.59 bits per heavy atom. The van der Waals surface area contributed by atoms with Crippen molar-refractivity contribution < 1.29 is 4.74 Å². The van der Waals surface area contributed by atoms with Crippen LogP contribution in [0.15, 0.2) is 64.1 Å². The molecule has 27 heavy (non-hydrogen) atoms. The van der Waals surface area contributed by atoms with Crippen molar-refractivity contribution in [2.45, 2.75) is 13.5 Å². The summed E-state index contributed by atoms with van der Waals surface area (Å²) >= 11 is 21.8. The second-order valence-corrected chi connectivity index (χ2v) is 8.02. The average molecular weight is 484 g/mol. The van der Waals surface area contributed by atoms with E-state index in [2.05, 4.69) is 20.9 Å². The molecule has 0 saturated heterocycles. The van der Waals surface area contributed by atoms with Crippen LogP contribution < -0.4 is 4.74 Å². The van der Waals surface area contributed by atoms with Crippen LogP contribution in [0.2, 0.25) is 15.1 Å². The predicted molar refractivity (Wildman–Crippen MR) is 118 cm³/mol. The van der Waals surface area contributed by atoms with Crippen LogP contribution in [-0.4, -0.2) is 6.21 Å². The first-order chi connectivity index (χ1) is 12.9. The minimum absolute atomic E-state index is 0.328. The van der Waals surface area contributed by atoms with Crippen LogP contribution in [0.5, 0.6) is 5.75 Å². The third-order valence-electron chi connectivity index (χ3n) is 3.95. The number of ether oxygens (including phenoxy) is 1. The van der Waals surface area contributed by atoms with E-state index in [0.717, 1.165) is 26.9 Å². The highest BCUT2D eigenvalue weighted by Crippen LogP contribution is 2.28. The van der Waals surface area contributed by atoms with Gasteiger partial charge in [-0.25, -0.2) is 0 Å². The van der Waals surface area contributed by atoms with Crippen LogP contribution in [-0.2, 0) is 6.61 Å². The molecule has 0 unspecified atom stereocenters. The summed E-state index contributed by atoms with van der Waals surface area (Å²) in [6, 6.07) is 16.7. The lowest BCUT2D eigenvalue weighted by atomic mass is 10.2. The van der Waals surface area contributed by atoms with Gasteiger partial charge in [-0.15, -0.1) is 0 Å². The summed E-state index contributed by atoms with van der Waals surface area (Å²) in [6.45, 7) is 2.27. The molecule has 0 aromatic heterocycles. The molecule has 3 aromatic rings. The molecule has 0 saturated carbocycles. The van der Waals surface area contributed by atoms with Crippen LogP contribution in [0.25, 0.3) is 0 Å². The zero-order valence-electron chi connectivity index (χ0n) is 14.3.